The van der Waals surface area contributed by atoms with Gasteiger partial charge < -0.3 is 56.8 Å². The predicted molar refractivity (Wildman–Crippen MR) is 237 cm³/mol. The maximum atomic E-state index is 11.9. The SMILES string of the molecule is CCCCCCCCCCCCCCCCCC(=O)OCCOCCOCCOCCOCCOCCOCCOCCOCCOCCOCCOc1ccc([N+](=O)[O-])cc1. The number of benzene rings is 1. The summed E-state index contributed by atoms with van der Waals surface area (Å²) >= 11 is 0. The number of hydrogen-bond acceptors (Lipinski definition) is 15. The highest BCUT2D eigenvalue weighted by Crippen LogP contribution is 2.17. The van der Waals surface area contributed by atoms with E-state index in [0.717, 1.165) is 12.8 Å². The highest BCUT2D eigenvalue weighted by Gasteiger charge is 2.05. The average molecular weight is 890 g/mol. The molecule has 1 aromatic rings. The summed E-state index contributed by atoms with van der Waals surface area (Å²) in [5.74, 6) is 0.417. The molecule has 0 aliphatic carbocycles. The van der Waals surface area contributed by atoms with Crippen LogP contribution in [0.25, 0.3) is 0 Å². The van der Waals surface area contributed by atoms with E-state index in [2.05, 4.69) is 6.92 Å². The summed E-state index contributed by atoms with van der Waals surface area (Å²) in [6.45, 7) is 12.1. The van der Waals surface area contributed by atoms with Crippen molar-refractivity contribution < 1.29 is 66.6 Å². The lowest BCUT2D eigenvalue weighted by Gasteiger charge is -2.09. The molecule has 0 radical (unpaired) electrons. The largest absolute Gasteiger partial charge is 0.491 e. The van der Waals surface area contributed by atoms with Crippen molar-refractivity contribution in [2.75, 3.05) is 145 Å². The zero-order valence-corrected chi connectivity index (χ0v) is 38.3. The first-order chi connectivity index (χ1) is 30.6. The van der Waals surface area contributed by atoms with E-state index in [1.807, 2.05) is 0 Å². The van der Waals surface area contributed by atoms with Crippen LogP contribution in [0.3, 0.4) is 0 Å². The molecule has 16 heteroatoms. The standard InChI is InChI=1S/C46H83NO15/c1-2-3-4-5-6-7-8-9-10-11-12-13-14-15-16-17-46(48)62-43-41-60-39-37-58-35-33-56-31-29-54-27-25-52-23-22-51-24-26-53-28-30-55-32-34-57-36-38-59-40-42-61-45-20-18-44(19-21-45)47(49)50/h18-21H,2-17,22-43H2,1H3. The molecule has 0 heterocycles. The Bertz CT molecular complexity index is 1090. The lowest BCUT2D eigenvalue weighted by molar-refractivity contribution is -0.384. The predicted octanol–water partition coefficient (Wildman–Crippen LogP) is 7.94. The van der Waals surface area contributed by atoms with E-state index in [0.29, 0.717) is 151 Å². The van der Waals surface area contributed by atoms with Crippen molar-refractivity contribution in [1.82, 2.24) is 0 Å². The van der Waals surface area contributed by atoms with Crippen LogP contribution >= 0.6 is 0 Å². The van der Waals surface area contributed by atoms with Gasteiger partial charge in [-0.2, -0.15) is 0 Å². The molecule has 0 bridgehead atoms. The third-order valence-corrected chi connectivity index (χ3v) is 9.37. The molecule has 0 aliphatic rings. The number of ether oxygens (including phenoxy) is 12. The molecular formula is C46H83NO15. The number of esters is 1. The Hall–Kier alpha value is -2.51. The number of nitro groups is 1. The molecule has 0 saturated heterocycles. The first-order valence-electron chi connectivity index (χ1n) is 23.4. The highest BCUT2D eigenvalue weighted by molar-refractivity contribution is 5.69. The minimum Gasteiger partial charge on any atom is -0.491 e. The summed E-state index contributed by atoms with van der Waals surface area (Å²) in [6, 6.07) is 5.91. The summed E-state index contributed by atoms with van der Waals surface area (Å²) in [7, 11) is 0. The van der Waals surface area contributed by atoms with Crippen molar-refractivity contribution in [3.05, 3.63) is 34.4 Å². The Morgan fingerprint density at radius 2 is 0.677 bits per heavy atom. The van der Waals surface area contributed by atoms with Crippen LogP contribution in [0.1, 0.15) is 110 Å². The Kier molecular flexibility index (Phi) is 44.5. The van der Waals surface area contributed by atoms with Crippen LogP contribution in [-0.2, 0) is 56.9 Å². The quantitative estimate of drug-likeness (QED) is 0.0267. The van der Waals surface area contributed by atoms with Gasteiger partial charge in [-0.1, -0.05) is 96.8 Å². The maximum Gasteiger partial charge on any atom is 0.305 e. The minimum absolute atomic E-state index is 0.0238. The molecule has 362 valence electrons. The van der Waals surface area contributed by atoms with Gasteiger partial charge in [0.05, 0.1) is 137 Å². The zero-order valence-electron chi connectivity index (χ0n) is 38.3. The summed E-state index contributed by atoms with van der Waals surface area (Å²) in [5, 5.41) is 10.7. The van der Waals surface area contributed by atoms with E-state index in [9.17, 15) is 14.9 Å². The molecule has 1 aromatic carbocycles. The summed E-state index contributed by atoms with van der Waals surface area (Å²) in [5.41, 5.74) is 0.0238. The Morgan fingerprint density at radius 3 is 0.984 bits per heavy atom. The lowest BCUT2D eigenvalue weighted by Crippen LogP contribution is -2.15. The number of nitrogens with zero attached hydrogens (tertiary/aromatic N) is 1. The highest BCUT2D eigenvalue weighted by atomic mass is 16.6. The van der Waals surface area contributed by atoms with Gasteiger partial charge in [0.2, 0.25) is 0 Å². The Balaban J connectivity index is 1.64. The van der Waals surface area contributed by atoms with Crippen molar-refractivity contribution in [1.29, 1.82) is 0 Å². The van der Waals surface area contributed by atoms with Crippen LogP contribution < -0.4 is 4.74 Å². The monoisotopic (exact) mass is 890 g/mol. The molecule has 62 heavy (non-hydrogen) atoms. The number of nitro benzene ring substituents is 1. The van der Waals surface area contributed by atoms with Gasteiger partial charge in [-0.3, -0.25) is 14.9 Å². The van der Waals surface area contributed by atoms with Crippen LogP contribution in [-0.4, -0.2) is 156 Å². The third kappa shape index (κ3) is 42.8. The van der Waals surface area contributed by atoms with E-state index in [-0.39, 0.29) is 18.3 Å². The van der Waals surface area contributed by atoms with Gasteiger partial charge in [-0.15, -0.1) is 0 Å². The molecular weight excluding hydrogens is 806 g/mol. The maximum absolute atomic E-state index is 11.9. The molecule has 0 aromatic heterocycles. The molecule has 0 amide bonds. The van der Waals surface area contributed by atoms with E-state index >= 15 is 0 Å². The zero-order chi connectivity index (χ0) is 44.5. The number of non-ortho nitro benzene ring substituents is 1. The van der Waals surface area contributed by atoms with Crippen molar-refractivity contribution >= 4 is 11.7 Å². The lowest BCUT2D eigenvalue weighted by atomic mass is 10.0. The summed E-state index contributed by atoms with van der Waals surface area (Å²) in [6.07, 6.45) is 20.1. The molecule has 0 aliphatic heterocycles. The molecule has 0 spiro atoms. The van der Waals surface area contributed by atoms with Gasteiger partial charge in [0.25, 0.3) is 5.69 Å². The molecule has 0 N–H and O–H groups in total. The van der Waals surface area contributed by atoms with Crippen LogP contribution in [0.4, 0.5) is 5.69 Å². The smallest absolute Gasteiger partial charge is 0.305 e. The van der Waals surface area contributed by atoms with E-state index < -0.39 is 4.92 Å². The van der Waals surface area contributed by atoms with Crippen molar-refractivity contribution in [3.63, 3.8) is 0 Å². The average Bonchev–Trinajstić information content (AvgIpc) is 3.28. The van der Waals surface area contributed by atoms with E-state index in [1.54, 1.807) is 12.1 Å². The third-order valence-electron chi connectivity index (χ3n) is 9.37. The number of hydrogen-bond donors (Lipinski definition) is 0. The van der Waals surface area contributed by atoms with Crippen LogP contribution in [0.2, 0.25) is 0 Å². The Labute approximate surface area is 372 Å². The van der Waals surface area contributed by atoms with Crippen molar-refractivity contribution in [3.8, 4) is 5.75 Å². The normalized spacial score (nSPS) is 11.4. The molecule has 1 rings (SSSR count). The van der Waals surface area contributed by atoms with Crippen LogP contribution in [0.5, 0.6) is 5.75 Å². The van der Waals surface area contributed by atoms with E-state index in [4.69, 9.17) is 56.8 Å². The second-order valence-electron chi connectivity index (χ2n) is 14.6. The molecule has 0 unspecified atom stereocenters. The fraction of sp³-hybridized carbons (Fsp3) is 0.848. The number of unbranched alkanes of at least 4 members (excludes halogenated alkanes) is 14. The molecule has 16 nitrogen and oxygen atoms in total. The van der Waals surface area contributed by atoms with Crippen molar-refractivity contribution in [2.24, 2.45) is 0 Å². The number of carbonyl (C=O) groups is 1. The summed E-state index contributed by atoms with van der Waals surface area (Å²) < 4.78 is 65.6. The van der Waals surface area contributed by atoms with E-state index in [1.165, 1.54) is 95.6 Å². The Morgan fingerprint density at radius 1 is 0.403 bits per heavy atom. The van der Waals surface area contributed by atoms with Crippen LogP contribution in [0, 0.1) is 10.1 Å². The van der Waals surface area contributed by atoms with Gasteiger partial charge >= 0.3 is 5.97 Å². The molecule has 0 atom stereocenters. The molecule has 0 fully saturated rings. The first-order valence-corrected chi connectivity index (χ1v) is 23.4. The summed E-state index contributed by atoms with van der Waals surface area (Å²) in [4.78, 5) is 22.1. The van der Waals surface area contributed by atoms with Gasteiger partial charge in [-0.25, -0.2) is 0 Å². The second-order valence-corrected chi connectivity index (χ2v) is 14.6. The van der Waals surface area contributed by atoms with Gasteiger partial charge in [0, 0.05) is 18.6 Å². The fourth-order valence-corrected chi connectivity index (χ4v) is 5.89. The topological polar surface area (TPSA) is 171 Å². The first kappa shape index (κ1) is 57.5. The van der Waals surface area contributed by atoms with Gasteiger partial charge in [0.1, 0.15) is 19.0 Å². The fourth-order valence-electron chi connectivity index (χ4n) is 5.89. The van der Waals surface area contributed by atoms with Gasteiger partial charge in [-0.05, 0) is 18.6 Å². The molecule has 0 saturated carbocycles. The van der Waals surface area contributed by atoms with Crippen LogP contribution in [0.15, 0.2) is 24.3 Å². The second kappa shape index (κ2) is 48.0. The van der Waals surface area contributed by atoms with Gasteiger partial charge in [0.15, 0.2) is 0 Å². The van der Waals surface area contributed by atoms with Crippen molar-refractivity contribution in [2.45, 2.75) is 110 Å². The minimum atomic E-state index is -0.451. The number of carbonyl (C=O) groups excluding carboxylic acids is 1. The number of rotatable bonds is 51.